The summed E-state index contributed by atoms with van der Waals surface area (Å²) in [5.41, 5.74) is 6.37. The van der Waals surface area contributed by atoms with Crippen LogP contribution in [0.4, 0.5) is 0 Å². The van der Waals surface area contributed by atoms with Crippen LogP contribution in [-0.2, 0) is 13.1 Å². The molecule has 4 heteroatoms. The molecule has 3 aromatic rings. The van der Waals surface area contributed by atoms with Gasteiger partial charge in [0, 0.05) is 29.5 Å². The second-order valence-electron chi connectivity index (χ2n) is 4.52. The Kier molecular flexibility index (Phi) is 3.53. The number of nitrogens with zero attached hydrogens (tertiary/aromatic N) is 2. The van der Waals surface area contributed by atoms with E-state index in [-0.39, 0.29) is 0 Å². The van der Waals surface area contributed by atoms with Crippen LogP contribution in [0.5, 0.6) is 0 Å². The van der Waals surface area contributed by atoms with E-state index in [4.69, 9.17) is 0 Å². The van der Waals surface area contributed by atoms with E-state index in [1.54, 1.807) is 11.3 Å². The molecule has 0 aliphatic carbocycles. The summed E-state index contributed by atoms with van der Waals surface area (Å²) in [6.07, 6.45) is 0. The van der Waals surface area contributed by atoms with Gasteiger partial charge in [0.2, 0.25) is 0 Å². The number of nitrogens with one attached hydrogen (secondary N) is 1. The monoisotopic (exact) mass is 269 g/mol. The molecule has 2 heterocycles. The lowest BCUT2D eigenvalue weighted by molar-refractivity contribution is 0.685. The average molecular weight is 269 g/mol. The molecular weight excluding hydrogens is 254 g/mol. The largest absolute Gasteiger partial charge is 0.307 e. The van der Waals surface area contributed by atoms with Gasteiger partial charge in [-0.05, 0) is 24.6 Å². The first-order chi connectivity index (χ1) is 9.33. The predicted molar refractivity (Wildman–Crippen MR) is 79.1 cm³/mol. The highest BCUT2D eigenvalue weighted by Gasteiger charge is 2.03. The van der Waals surface area contributed by atoms with Crippen molar-refractivity contribution in [1.29, 1.82) is 0 Å². The smallest absolute Gasteiger partial charge is 0.0795 e. The lowest BCUT2D eigenvalue weighted by atomic mass is 10.1. The van der Waals surface area contributed by atoms with Gasteiger partial charge < -0.3 is 5.32 Å². The summed E-state index contributed by atoms with van der Waals surface area (Å²) in [5.74, 6) is 0. The summed E-state index contributed by atoms with van der Waals surface area (Å²) in [7, 11) is 0. The van der Waals surface area contributed by atoms with Crippen LogP contribution < -0.4 is 5.32 Å². The molecule has 96 valence electrons. The van der Waals surface area contributed by atoms with E-state index in [1.165, 1.54) is 10.9 Å². The number of pyridine rings is 1. The molecule has 0 atom stereocenters. The summed E-state index contributed by atoms with van der Waals surface area (Å²) in [5, 5.41) is 6.73. The first-order valence-corrected chi connectivity index (χ1v) is 7.20. The Hall–Kier alpha value is -1.78. The molecule has 0 fully saturated rings. The quantitative estimate of drug-likeness (QED) is 0.789. The van der Waals surface area contributed by atoms with Gasteiger partial charge in [-0.1, -0.05) is 18.2 Å². The Bertz CT molecular complexity index is 677. The molecule has 0 amide bonds. The van der Waals surface area contributed by atoms with Crippen molar-refractivity contribution >= 4 is 22.2 Å². The van der Waals surface area contributed by atoms with Crippen LogP contribution in [0, 0.1) is 6.92 Å². The standard InChI is InChI=1S/C15H15N3S/c1-11-6-12(7-16-8-13-9-19-10-17-13)14-4-2-3-5-15(14)18-11/h2-6,9-10,16H,7-8H2,1H3. The SMILES string of the molecule is Cc1cc(CNCc2cscn2)c2ccccc2n1. The van der Waals surface area contributed by atoms with Gasteiger partial charge in [-0.15, -0.1) is 11.3 Å². The van der Waals surface area contributed by atoms with Gasteiger partial charge in [0.25, 0.3) is 0 Å². The Balaban J connectivity index is 1.80. The minimum absolute atomic E-state index is 0.805. The molecule has 0 aliphatic heterocycles. The lowest BCUT2D eigenvalue weighted by Gasteiger charge is -2.08. The number of rotatable bonds is 4. The third-order valence-corrected chi connectivity index (χ3v) is 3.67. The van der Waals surface area contributed by atoms with Gasteiger partial charge in [-0.25, -0.2) is 4.98 Å². The molecule has 1 aromatic carbocycles. The normalized spacial score (nSPS) is 11.0. The topological polar surface area (TPSA) is 37.8 Å². The fourth-order valence-electron chi connectivity index (χ4n) is 2.19. The van der Waals surface area contributed by atoms with Crippen molar-refractivity contribution in [2.75, 3.05) is 0 Å². The second-order valence-corrected chi connectivity index (χ2v) is 5.24. The van der Waals surface area contributed by atoms with Crippen LogP contribution in [0.1, 0.15) is 17.0 Å². The van der Waals surface area contributed by atoms with Gasteiger partial charge in [-0.3, -0.25) is 4.98 Å². The van der Waals surface area contributed by atoms with Crippen molar-refractivity contribution in [1.82, 2.24) is 15.3 Å². The fraction of sp³-hybridized carbons (Fsp3) is 0.200. The summed E-state index contributed by atoms with van der Waals surface area (Å²) in [4.78, 5) is 8.83. The van der Waals surface area contributed by atoms with Crippen molar-refractivity contribution < 1.29 is 0 Å². The number of aromatic nitrogens is 2. The molecule has 3 nitrogen and oxygen atoms in total. The Labute approximate surface area is 116 Å². The van der Waals surface area contributed by atoms with Crippen molar-refractivity contribution in [3.05, 3.63) is 58.2 Å². The van der Waals surface area contributed by atoms with Crippen LogP contribution in [-0.4, -0.2) is 9.97 Å². The average Bonchev–Trinajstić information content (AvgIpc) is 2.91. The maximum Gasteiger partial charge on any atom is 0.0795 e. The zero-order valence-corrected chi connectivity index (χ0v) is 11.6. The van der Waals surface area contributed by atoms with Crippen molar-refractivity contribution in [2.45, 2.75) is 20.0 Å². The Morgan fingerprint density at radius 2 is 2.11 bits per heavy atom. The van der Waals surface area contributed by atoms with Gasteiger partial charge in [-0.2, -0.15) is 0 Å². The highest BCUT2D eigenvalue weighted by atomic mass is 32.1. The minimum Gasteiger partial charge on any atom is -0.307 e. The molecule has 2 aromatic heterocycles. The first-order valence-electron chi connectivity index (χ1n) is 6.26. The molecule has 0 bridgehead atoms. The van der Waals surface area contributed by atoms with Crippen LogP contribution in [0.25, 0.3) is 10.9 Å². The molecule has 1 N–H and O–H groups in total. The van der Waals surface area contributed by atoms with Crippen molar-refractivity contribution in [3.63, 3.8) is 0 Å². The van der Waals surface area contributed by atoms with Crippen LogP contribution in [0.2, 0.25) is 0 Å². The maximum absolute atomic E-state index is 4.56. The molecule has 3 rings (SSSR count). The predicted octanol–water partition coefficient (Wildman–Crippen LogP) is 3.29. The number of thiazole rings is 1. The first kappa shape index (κ1) is 12.3. The van der Waals surface area contributed by atoms with Gasteiger partial charge >= 0.3 is 0 Å². The van der Waals surface area contributed by atoms with Crippen molar-refractivity contribution in [3.8, 4) is 0 Å². The van der Waals surface area contributed by atoms with Crippen LogP contribution >= 0.6 is 11.3 Å². The summed E-state index contributed by atoms with van der Waals surface area (Å²) in [6.45, 7) is 3.68. The van der Waals surface area contributed by atoms with E-state index < -0.39 is 0 Å². The number of fused-ring (bicyclic) bond motifs is 1. The molecule has 19 heavy (non-hydrogen) atoms. The number of benzene rings is 1. The van der Waals surface area contributed by atoms with E-state index >= 15 is 0 Å². The van der Waals surface area contributed by atoms with Gasteiger partial charge in [0.1, 0.15) is 0 Å². The molecule has 0 spiro atoms. The minimum atomic E-state index is 0.805. The maximum atomic E-state index is 4.56. The number of aryl methyl sites for hydroxylation is 1. The van der Waals surface area contributed by atoms with Crippen molar-refractivity contribution in [2.24, 2.45) is 0 Å². The van der Waals surface area contributed by atoms with E-state index in [1.807, 2.05) is 18.5 Å². The van der Waals surface area contributed by atoms with E-state index in [0.29, 0.717) is 0 Å². The Morgan fingerprint density at radius 1 is 1.21 bits per heavy atom. The number of hydrogen-bond acceptors (Lipinski definition) is 4. The second kappa shape index (κ2) is 5.47. The molecule has 0 saturated heterocycles. The zero-order valence-electron chi connectivity index (χ0n) is 10.8. The number of hydrogen-bond donors (Lipinski definition) is 1. The fourth-order valence-corrected chi connectivity index (χ4v) is 2.75. The Morgan fingerprint density at radius 3 is 2.95 bits per heavy atom. The van der Waals surface area contributed by atoms with Gasteiger partial charge in [0.15, 0.2) is 0 Å². The third kappa shape index (κ3) is 2.80. The summed E-state index contributed by atoms with van der Waals surface area (Å²) < 4.78 is 0. The van der Waals surface area contributed by atoms with Crippen LogP contribution in [0.15, 0.2) is 41.2 Å². The van der Waals surface area contributed by atoms with E-state index in [2.05, 4.69) is 44.9 Å². The highest BCUT2D eigenvalue weighted by Crippen LogP contribution is 2.18. The van der Waals surface area contributed by atoms with Gasteiger partial charge in [0.05, 0.1) is 16.7 Å². The zero-order chi connectivity index (χ0) is 13.1. The highest BCUT2D eigenvalue weighted by molar-refractivity contribution is 7.07. The van der Waals surface area contributed by atoms with E-state index in [0.717, 1.165) is 30.0 Å². The van der Waals surface area contributed by atoms with Crippen LogP contribution in [0.3, 0.4) is 0 Å². The third-order valence-electron chi connectivity index (χ3n) is 3.03. The summed E-state index contributed by atoms with van der Waals surface area (Å²) in [6, 6.07) is 10.4. The van der Waals surface area contributed by atoms with E-state index in [9.17, 15) is 0 Å². The molecule has 0 saturated carbocycles. The number of para-hydroxylation sites is 1. The molecular formula is C15H15N3S. The molecule has 0 unspecified atom stereocenters. The lowest BCUT2D eigenvalue weighted by Crippen LogP contribution is -2.13. The molecule has 0 radical (unpaired) electrons. The molecule has 0 aliphatic rings. The summed E-state index contributed by atoms with van der Waals surface area (Å²) >= 11 is 1.63.